The van der Waals surface area contributed by atoms with Gasteiger partial charge < -0.3 is 9.30 Å². The lowest BCUT2D eigenvalue weighted by molar-refractivity contribution is -0.137. The number of carbonyl (C=O) groups excluding carboxylic acids is 4. The van der Waals surface area contributed by atoms with Gasteiger partial charge in [0.25, 0.3) is 17.7 Å². The Labute approximate surface area is 325 Å². The second kappa shape index (κ2) is 17.0. The number of aryl methyl sites for hydroxylation is 1. The third-order valence-corrected chi connectivity index (χ3v) is 11.7. The van der Waals surface area contributed by atoms with E-state index in [2.05, 4.69) is 51.6 Å². The van der Waals surface area contributed by atoms with Crippen LogP contribution in [0.3, 0.4) is 0 Å². The highest BCUT2D eigenvalue weighted by molar-refractivity contribution is 7.99. The minimum Gasteiger partial charge on any atom is -0.379 e. The molecule has 0 spiro atoms. The summed E-state index contributed by atoms with van der Waals surface area (Å²) in [5.74, 6) is 1.99. The molecule has 4 aliphatic rings. The van der Waals surface area contributed by atoms with E-state index in [1.165, 1.54) is 23.5 Å². The Kier molecular flexibility index (Phi) is 11.9. The van der Waals surface area contributed by atoms with Gasteiger partial charge in [-0.1, -0.05) is 20.3 Å². The van der Waals surface area contributed by atoms with E-state index in [1.54, 1.807) is 29.2 Å². The summed E-state index contributed by atoms with van der Waals surface area (Å²) in [5, 5.41) is 13.6. The van der Waals surface area contributed by atoms with Gasteiger partial charge in [0.1, 0.15) is 18.0 Å². The van der Waals surface area contributed by atoms with Gasteiger partial charge in [-0.25, -0.2) is 10.4 Å². The number of anilines is 1. The molecule has 2 saturated heterocycles. The van der Waals surface area contributed by atoms with Gasteiger partial charge in [-0.2, -0.15) is 5.10 Å². The Morgan fingerprint density at radius 3 is 2.64 bits per heavy atom. The Hall–Kier alpha value is -4.73. The topological polar surface area (TPSA) is 155 Å². The maximum absolute atomic E-state index is 14.4. The predicted octanol–water partition coefficient (Wildman–Crippen LogP) is 4.16. The minimum absolute atomic E-state index is 0.111. The fourth-order valence-electron chi connectivity index (χ4n) is 7.84. The van der Waals surface area contributed by atoms with Gasteiger partial charge in [-0.15, -0.1) is 22.0 Å². The van der Waals surface area contributed by atoms with Crippen LogP contribution in [0, 0.1) is 5.92 Å². The molecular formula is C40H49N9O5S. The number of benzene rings is 1. The number of hydrazone groups is 1. The number of nitrogens with zero attached hydrogens (tertiary/aromatic N) is 8. The highest BCUT2D eigenvalue weighted by atomic mass is 32.2. The maximum atomic E-state index is 14.4. The number of amides is 4. The van der Waals surface area contributed by atoms with E-state index < -0.39 is 0 Å². The van der Waals surface area contributed by atoms with Crippen LogP contribution < -0.4 is 10.3 Å². The number of hydrogen-bond donors (Lipinski definition) is 1. The second-order valence-corrected chi connectivity index (χ2v) is 16.4. The number of rotatable bonds is 16. The predicted molar refractivity (Wildman–Crippen MR) is 209 cm³/mol. The quantitative estimate of drug-likeness (QED) is 0.0739. The lowest BCUT2D eigenvalue weighted by Gasteiger charge is -2.42. The molecule has 4 amide bonds. The molecule has 290 valence electrons. The van der Waals surface area contributed by atoms with Crippen molar-refractivity contribution in [3.05, 3.63) is 76.4 Å². The zero-order chi connectivity index (χ0) is 38.5. The SMILES string of the molecule is CCSc1cc(C2(Cc3nncn3C)COC2)cc(N2Cc3c(C=NNC(=O)CCCCCN4C(=O)C=CC4=O)cc(CN4CCC[C@H](C)C4)cc3C2=O)n1. The van der Waals surface area contributed by atoms with Crippen molar-refractivity contribution in [3.8, 4) is 0 Å². The van der Waals surface area contributed by atoms with Crippen LogP contribution >= 0.6 is 11.8 Å². The number of fused-ring (bicyclic) bond motifs is 1. The van der Waals surface area contributed by atoms with Crippen LogP contribution in [0.2, 0.25) is 0 Å². The van der Waals surface area contributed by atoms with Gasteiger partial charge in [-0.3, -0.25) is 33.9 Å². The van der Waals surface area contributed by atoms with Crippen LogP contribution in [-0.4, -0.2) is 98.0 Å². The van der Waals surface area contributed by atoms with E-state index in [9.17, 15) is 19.2 Å². The summed E-state index contributed by atoms with van der Waals surface area (Å²) in [5.41, 5.74) is 6.69. The van der Waals surface area contributed by atoms with Crippen LogP contribution in [0.1, 0.15) is 90.8 Å². The molecule has 0 unspecified atom stereocenters. The number of likely N-dealkylation sites (tertiary alicyclic amines) is 1. The molecule has 4 aliphatic heterocycles. The number of imide groups is 1. The molecule has 0 radical (unpaired) electrons. The van der Waals surface area contributed by atoms with E-state index in [0.29, 0.717) is 69.3 Å². The first-order chi connectivity index (χ1) is 26.6. The van der Waals surface area contributed by atoms with E-state index in [1.807, 2.05) is 23.7 Å². The summed E-state index contributed by atoms with van der Waals surface area (Å²) < 4.78 is 7.72. The van der Waals surface area contributed by atoms with Crippen LogP contribution in [-0.2, 0) is 51.1 Å². The summed E-state index contributed by atoms with van der Waals surface area (Å²) in [4.78, 5) is 61.1. The summed E-state index contributed by atoms with van der Waals surface area (Å²) in [6.07, 6.45) is 11.1. The number of carbonyl (C=O) groups is 4. The molecule has 55 heavy (non-hydrogen) atoms. The Bertz CT molecular complexity index is 1990. The number of thioether (sulfide) groups is 1. The van der Waals surface area contributed by atoms with Gasteiger partial charge in [-0.05, 0) is 84.9 Å². The third-order valence-electron chi connectivity index (χ3n) is 10.9. The van der Waals surface area contributed by atoms with E-state index >= 15 is 0 Å². The average Bonchev–Trinajstić information content (AvgIpc) is 3.81. The zero-order valence-corrected chi connectivity index (χ0v) is 32.6. The molecule has 7 rings (SSSR count). The molecule has 0 aliphatic carbocycles. The summed E-state index contributed by atoms with van der Waals surface area (Å²) >= 11 is 1.64. The number of unbranched alkanes of at least 4 members (excludes halogenated alkanes) is 2. The van der Waals surface area contributed by atoms with Crippen LogP contribution in [0.4, 0.5) is 5.82 Å². The number of aromatic nitrogens is 4. The van der Waals surface area contributed by atoms with Crippen molar-refractivity contribution in [1.82, 2.24) is 35.0 Å². The number of piperidine rings is 1. The fourth-order valence-corrected chi connectivity index (χ4v) is 8.50. The fraction of sp³-hybridized carbons (Fsp3) is 0.500. The molecule has 15 heteroatoms. The lowest BCUT2D eigenvalue weighted by atomic mass is 9.76. The van der Waals surface area contributed by atoms with Gasteiger partial charge in [0.15, 0.2) is 0 Å². The van der Waals surface area contributed by atoms with Crippen LogP contribution in [0.25, 0.3) is 0 Å². The number of hydrogen-bond acceptors (Lipinski definition) is 11. The summed E-state index contributed by atoms with van der Waals surface area (Å²) in [6, 6.07) is 8.26. The molecule has 14 nitrogen and oxygen atoms in total. The van der Waals surface area contributed by atoms with Crippen molar-refractivity contribution in [1.29, 1.82) is 0 Å². The molecule has 1 N–H and O–H groups in total. The van der Waals surface area contributed by atoms with Crippen LogP contribution in [0.15, 0.2) is 52.9 Å². The zero-order valence-electron chi connectivity index (χ0n) is 31.8. The first-order valence-electron chi connectivity index (χ1n) is 19.2. The van der Waals surface area contributed by atoms with Crippen LogP contribution in [0.5, 0.6) is 0 Å². The number of ether oxygens (including phenoxy) is 1. The largest absolute Gasteiger partial charge is 0.379 e. The molecule has 0 saturated carbocycles. The molecule has 2 aromatic heterocycles. The first kappa shape index (κ1) is 38.5. The highest BCUT2D eigenvalue weighted by Crippen LogP contribution is 2.40. The normalized spacial score (nSPS) is 19.5. The van der Waals surface area contributed by atoms with Gasteiger partial charge in [0.05, 0.1) is 31.0 Å². The van der Waals surface area contributed by atoms with Gasteiger partial charge in [0.2, 0.25) is 5.91 Å². The molecule has 1 aromatic carbocycles. The van der Waals surface area contributed by atoms with E-state index in [0.717, 1.165) is 64.9 Å². The van der Waals surface area contributed by atoms with Crippen molar-refractivity contribution in [2.24, 2.45) is 18.1 Å². The molecule has 1 atom stereocenters. The summed E-state index contributed by atoms with van der Waals surface area (Å²) in [7, 11) is 1.94. The smallest absolute Gasteiger partial charge is 0.260 e. The first-order valence-corrected chi connectivity index (χ1v) is 20.2. The third kappa shape index (κ3) is 8.73. The van der Waals surface area contributed by atoms with E-state index in [-0.39, 0.29) is 35.5 Å². The van der Waals surface area contributed by atoms with Crippen molar-refractivity contribution < 1.29 is 23.9 Å². The van der Waals surface area contributed by atoms with Gasteiger partial charge in [0, 0.05) is 68.2 Å². The molecule has 3 aromatic rings. The highest BCUT2D eigenvalue weighted by Gasteiger charge is 2.43. The Morgan fingerprint density at radius 1 is 1.11 bits per heavy atom. The van der Waals surface area contributed by atoms with Crippen molar-refractivity contribution in [2.75, 3.05) is 43.5 Å². The summed E-state index contributed by atoms with van der Waals surface area (Å²) in [6.45, 7) is 8.85. The standard InChI is InChI=1S/C40H49N9O5S/c1-4-55-36-18-30(40(24-54-25-40)19-34-44-42-26-46(34)3)17-33(43-36)49-23-32-29(15-28(16-31(32)39(49)53)22-47-13-8-9-27(2)21-47)20-41-45-35(50)10-6-5-7-14-48-37(51)11-12-38(48)52/h11-12,15-18,20,26-27H,4-10,13-14,19,21-25H2,1-3H3,(H,45,50)/t27-/m0/s1. The van der Waals surface area contributed by atoms with Gasteiger partial charge >= 0.3 is 0 Å². The van der Waals surface area contributed by atoms with Crippen molar-refractivity contribution >= 4 is 47.4 Å². The Balaban J connectivity index is 1.09. The second-order valence-electron chi connectivity index (χ2n) is 15.1. The molecular weight excluding hydrogens is 719 g/mol. The Morgan fingerprint density at radius 2 is 1.93 bits per heavy atom. The maximum Gasteiger partial charge on any atom is 0.260 e. The van der Waals surface area contributed by atoms with Crippen molar-refractivity contribution in [2.45, 2.75) is 82.3 Å². The average molecular weight is 768 g/mol. The van der Waals surface area contributed by atoms with Crippen molar-refractivity contribution in [3.63, 3.8) is 0 Å². The number of pyridine rings is 1. The monoisotopic (exact) mass is 767 g/mol. The number of nitrogens with one attached hydrogen (secondary N) is 1. The lowest BCUT2D eigenvalue weighted by Crippen LogP contribution is -2.49. The molecule has 0 bridgehead atoms. The minimum atomic E-state index is -0.310. The molecule has 2 fully saturated rings. The van der Waals surface area contributed by atoms with E-state index in [4.69, 9.17) is 9.72 Å². The molecule has 6 heterocycles.